The van der Waals surface area contributed by atoms with E-state index in [9.17, 15) is 0 Å². The van der Waals surface area contributed by atoms with Gasteiger partial charge < -0.3 is 15.8 Å². The number of methoxy groups -OCH3 is 1. The standard InChI is InChI=1S/C13H17BrN2OS/c1-17-12-4-2-3-11(12)16-10-6-5-8(14)7-9(10)13(15)18/h5-7,11-12,16H,2-4H2,1H3,(H2,15,18). The molecular weight excluding hydrogens is 312 g/mol. The van der Waals surface area contributed by atoms with E-state index in [1.165, 1.54) is 6.42 Å². The Morgan fingerprint density at radius 1 is 1.50 bits per heavy atom. The van der Waals surface area contributed by atoms with Gasteiger partial charge in [-0.15, -0.1) is 0 Å². The van der Waals surface area contributed by atoms with Gasteiger partial charge in [-0.1, -0.05) is 28.1 Å². The summed E-state index contributed by atoms with van der Waals surface area (Å²) < 4.78 is 6.46. The summed E-state index contributed by atoms with van der Waals surface area (Å²) >= 11 is 8.53. The summed E-state index contributed by atoms with van der Waals surface area (Å²) in [4.78, 5) is 0.408. The predicted molar refractivity (Wildman–Crippen MR) is 82.1 cm³/mol. The van der Waals surface area contributed by atoms with Gasteiger partial charge in [-0.05, 0) is 37.5 Å². The second kappa shape index (κ2) is 5.99. The van der Waals surface area contributed by atoms with Crippen LogP contribution in [-0.2, 0) is 4.74 Å². The minimum atomic E-state index is 0.271. The molecule has 5 heteroatoms. The monoisotopic (exact) mass is 328 g/mol. The first-order valence-electron chi connectivity index (χ1n) is 6.00. The predicted octanol–water partition coefficient (Wildman–Crippen LogP) is 3.06. The van der Waals surface area contributed by atoms with Crippen LogP contribution in [0, 0.1) is 0 Å². The molecule has 1 saturated carbocycles. The Morgan fingerprint density at radius 2 is 2.28 bits per heavy atom. The van der Waals surface area contributed by atoms with Gasteiger partial charge in [-0.25, -0.2) is 0 Å². The summed E-state index contributed by atoms with van der Waals surface area (Å²) in [6, 6.07) is 6.27. The van der Waals surface area contributed by atoms with E-state index in [0.717, 1.165) is 28.6 Å². The van der Waals surface area contributed by atoms with Gasteiger partial charge in [0.1, 0.15) is 4.99 Å². The van der Waals surface area contributed by atoms with Gasteiger partial charge >= 0.3 is 0 Å². The number of anilines is 1. The molecule has 0 amide bonds. The third-order valence-corrected chi connectivity index (χ3v) is 4.06. The molecule has 0 aliphatic heterocycles. The third-order valence-electron chi connectivity index (χ3n) is 3.34. The van der Waals surface area contributed by atoms with Crippen LogP contribution in [0.3, 0.4) is 0 Å². The number of thiocarbonyl (C=S) groups is 1. The molecule has 0 saturated heterocycles. The van der Waals surface area contributed by atoms with Crippen molar-refractivity contribution in [2.45, 2.75) is 31.4 Å². The van der Waals surface area contributed by atoms with Gasteiger partial charge in [0, 0.05) is 22.8 Å². The number of hydrogen-bond acceptors (Lipinski definition) is 3. The smallest absolute Gasteiger partial charge is 0.106 e. The number of hydrogen-bond donors (Lipinski definition) is 2. The zero-order chi connectivity index (χ0) is 13.1. The van der Waals surface area contributed by atoms with Gasteiger partial charge in [0.15, 0.2) is 0 Å². The van der Waals surface area contributed by atoms with Crippen molar-refractivity contribution in [3.05, 3.63) is 28.2 Å². The first-order chi connectivity index (χ1) is 8.61. The Balaban J connectivity index is 2.20. The quantitative estimate of drug-likeness (QED) is 0.834. The number of nitrogens with one attached hydrogen (secondary N) is 1. The Kier molecular flexibility index (Phi) is 4.59. The molecule has 1 aliphatic carbocycles. The highest BCUT2D eigenvalue weighted by Crippen LogP contribution is 2.28. The van der Waals surface area contributed by atoms with Crippen LogP contribution in [0.2, 0.25) is 0 Å². The largest absolute Gasteiger partial charge is 0.389 e. The van der Waals surface area contributed by atoms with Crippen LogP contribution in [0.15, 0.2) is 22.7 Å². The van der Waals surface area contributed by atoms with Crippen LogP contribution in [0.1, 0.15) is 24.8 Å². The molecule has 2 unspecified atom stereocenters. The van der Waals surface area contributed by atoms with E-state index in [1.807, 2.05) is 18.2 Å². The van der Waals surface area contributed by atoms with Crippen LogP contribution in [0.25, 0.3) is 0 Å². The van der Waals surface area contributed by atoms with Crippen LogP contribution in [0.5, 0.6) is 0 Å². The van der Waals surface area contributed by atoms with Crippen LogP contribution < -0.4 is 11.1 Å². The second-order valence-electron chi connectivity index (χ2n) is 4.51. The number of ether oxygens (including phenoxy) is 1. The molecule has 1 aromatic rings. The fourth-order valence-electron chi connectivity index (χ4n) is 2.42. The molecule has 18 heavy (non-hydrogen) atoms. The molecule has 98 valence electrons. The third kappa shape index (κ3) is 3.02. The molecule has 0 aromatic heterocycles. The first kappa shape index (κ1) is 13.8. The van der Waals surface area contributed by atoms with Gasteiger partial charge in [0.05, 0.1) is 12.1 Å². The van der Waals surface area contributed by atoms with E-state index >= 15 is 0 Å². The SMILES string of the molecule is COC1CCCC1Nc1ccc(Br)cc1C(N)=S. The van der Waals surface area contributed by atoms with E-state index in [-0.39, 0.29) is 6.10 Å². The summed E-state index contributed by atoms with van der Waals surface area (Å²) in [6.45, 7) is 0. The highest BCUT2D eigenvalue weighted by atomic mass is 79.9. The maximum atomic E-state index is 5.76. The molecule has 0 spiro atoms. The maximum absolute atomic E-state index is 5.76. The molecule has 0 radical (unpaired) electrons. The van der Waals surface area contributed by atoms with Crippen molar-refractivity contribution >= 4 is 38.8 Å². The van der Waals surface area contributed by atoms with E-state index in [0.29, 0.717) is 11.0 Å². The van der Waals surface area contributed by atoms with Crippen LogP contribution >= 0.6 is 28.1 Å². The fourth-order valence-corrected chi connectivity index (χ4v) is 2.95. The second-order valence-corrected chi connectivity index (χ2v) is 5.87. The molecular formula is C13H17BrN2OS. The highest BCUT2D eigenvalue weighted by Gasteiger charge is 2.27. The zero-order valence-corrected chi connectivity index (χ0v) is 12.7. The number of nitrogens with two attached hydrogens (primary N) is 1. The normalized spacial score (nSPS) is 23.0. The summed E-state index contributed by atoms with van der Waals surface area (Å²) in [5.41, 5.74) is 7.63. The van der Waals surface area contributed by atoms with Crippen LogP contribution in [-0.4, -0.2) is 24.2 Å². The number of benzene rings is 1. The zero-order valence-electron chi connectivity index (χ0n) is 10.3. The van der Waals surface area contributed by atoms with Crippen molar-refractivity contribution in [3.63, 3.8) is 0 Å². The molecule has 3 N–H and O–H groups in total. The molecule has 3 nitrogen and oxygen atoms in total. The highest BCUT2D eigenvalue weighted by molar-refractivity contribution is 9.10. The molecule has 0 heterocycles. The first-order valence-corrected chi connectivity index (χ1v) is 7.20. The van der Waals surface area contributed by atoms with Crippen LogP contribution in [0.4, 0.5) is 5.69 Å². The maximum Gasteiger partial charge on any atom is 0.106 e. The summed E-state index contributed by atoms with van der Waals surface area (Å²) in [5.74, 6) is 0. The molecule has 1 fully saturated rings. The van der Waals surface area contributed by atoms with Gasteiger partial charge in [0.2, 0.25) is 0 Å². The van der Waals surface area contributed by atoms with E-state index < -0.39 is 0 Å². The fraction of sp³-hybridized carbons (Fsp3) is 0.462. The van der Waals surface area contributed by atoms with Gasteiger partial charge in [-0.2, -0.15) is 0 Å². The molecule has 2 rings (SSSR count). The Hall–Kier alpha value is -0.650. The van der Waals surface area contributed by atoms with Crippen molar-refractivity contribution in [1.29, 1.82) is 0 Å². The van der Waals surface area contributed by atoms with Crippen molar-refractivity contribution in [2.75, 3.05) is 12.4 Å². The lowest BCUT2D eigenvalue weighted by atomic mass is 10.1. The Bertz CT molecular complexity index is 453. The Labute approximate surface area is 121 Å². The molecule has 1 aromatic carbocycles. The lowest BCUT2D eigenvalue weighted by Crippen LogP contribution is -2.30. The number of rotatable bonds is 4. The van der Waals surface area contributed by atoms with Crippen molar-refractivity contribution in [3.8, 4) is 0 Å². The average molecular weight is 329 g/mol. The van der Waals surface area contributed by atoms with Crippen molar-refractivity contribution in [2.24, 2.45) is 5.73 Å². The summed E-state index contributed by atoms with van der Waals surface area (Å²) in [5, 5.41) is 3.51. The summed E-state index contributed by atoms with van der Waals surface area (Å²) in [7, 11) is 1.76. The lowest BCUT2D eigenvalue weighted by Gasteiger charge is -2.22. The summed E-state index contributed by atoms with van der Waals surface area (Å²) in [6.07, 6.45) is 3.68. The van der Waals surface area contributed by atoms with Gasteiger partial charge in [0.25, 0.3) is 0 Å². The van der Waals surface area contributed by atoms with Gasteiger partial charge in [-0.3, -0.25) is 0 Å². The van der Waals surface area contributed by atoms with E-state index in [2.05, 4.69) is 21.2 Å². The number of halogens is 1. The van der Waals surface area contributed by atoms with E-state index in [1.54, 1.807) is 7.11 Å². The van der Waals surface area contributed by atoms with E-state index in [4.69, 9.17) is 22.7 Å². The van der Waals surface area contributed by atoms with Crippen molar-refractivity contribution in [1.82, 2.24) is 0 Å². The average Bonchev–Trinajstić information content (AvgIpc) is 2.78. The Morgan fingerprint density at radius 3 is 2.94 bits per heavy atom. The minimum absolute atomic E-state index is 0.271. The topological polar surface area (TPSA) is 47.3 Å². The lowest BCUT2D eigenvalue weighted by molar-refractivity contribution is 0.101. The molecule has 2 atom stereocenters. The molecule has 0 bridgehead atoms. The molecule has 1 aliphatic rings. The minimum Gasteiger partial charge on any atom is -0.389 e. The van der Waals surface area contributed by atoms with Crippen molar-refractivity contribution < 1.29 is 4.74 Å².